The number of nitriles is 1. The second-order valence-corrected chi connectivity index (χ2v) is 4.63. The summed E-state index contributed by atoms with van der Waals surface area (Å²) in [6.07, 6.45) is 3.61. The van der Waals surface area contributed by atoms with Crippen LogP contribution in [0.25, 0.3) is 0 Å². The van der Waals surface area contributed by atoms with Gasteiger partial charge in [0.15, 0.2) is 0 Å². The molecule has 1 saturated heterocycles. The second-order valence-electron chi connectivity index (χ2n) is 4.63. The molecular weight excluding hydrogens is 188 g/mol. The normalized spacial score (nSPS) is 26.1. The van der Waals surface area contributed by atoms with Crippen LogP contribution in [-0.4, -0.2) is 54.6 Å². The summed E-state index contributed by atoms with van der Waals surface area (Å²) in [5.74, 6) is 0. The molecule has 1 saturated carbocycles. The van der Waals surface area contributed by atoms with Crippen molar-refractivity contribution in [2.24, 2.45) is 5.73 Å². The maximum Gasteiger partial charge on any atom is 0.0940 e. The van der Waals surface area contributed by atoms with Gasteiger partial charge in [0.25, 0.3) is 0 Å². The van der Waals surface area contributed by atoms with Gasteiger partial charge < -0.3 is 10.6 Å². The quantitative estimate of drug-likeness (QED) is 0.707. The summed E-state index contributed by atoms with van der Waals surface area (Å²) in [7, 11) is 0. The topological polar surface area (TPSA) is 56.3 Å². The van der Waals surface area contributed by atoms with Crippen LogP contribution in [0.1, 0.15) is 19.3 Å². The molecular formula is C11H20N4. The number of piperazine rings is 1. The van der Waals surface area contributed by atoms with Crippen molar-refractivity contribution in [3.63, 3.8) is 0 Å². The summed E-state index contributed by atoms with van der Waals surface area (Å²) >= 11 is 0. The predicted octanol–water partition coefficient (Wildman–Crippen LogP) is 0.00738. The Morgan fingerprint density at radius 3 is 2.47 bits per heavy atom. The zero-order chi connectivity index (χ0) is 10.7. The van der Waals surface area contributed by atoms with Crippen LogP contribution in [0.4, 0.5) is 0 Å². The first kappa shape index (κ1) is 10.9. The fraction of sp³-hybridized carbons (Fsp3) is 0.909. The van der Waals surface area contributed by atoms with Crippen molar-refractivity contribution in [2.75, 3.05) is 32.7 Å². The Hall–Kier alpha value is -0.630. The SMILES string of the molecule is N#CC(N)CCN1CCN(C2CC2)CC1. The van der Waals surface area contributed by atoms with Crippen molar-refractivity contribution in [1.82, 2.24) is 9.80 Å². The Bertz CT molecular complexity index is 235. The van der Waals surface area contributed by atoms with Gasteiger partial charge in [-0.15, -0.1) is 0 Å². The zero-order valence-corrected chi connectivity index (χ0v) is 9.23. The average Bonchev–Trinajstić information content (AvgIpc) is 3.10. The first-order valence-corrected chi connectivity index (χ1v) is 5.91. The molecule has 2 N–H and O–H groups in total. The van der Waals surface area contributed by atoms with Gasteiger partial charge in [0.1, 0.15) is 0 Å². The average molecular weight is 208 g/mol. The Kier molecular flexibility index (Phi) is 3.57. The minimum Gasteiger partial charge on any atom is -0.316 e. The Morgan fingerprint density at radius 1 is 1.27 bits per heavy atom. The summed E-state index contributed by atoms with van der Waals surface area (Å²) < 4.78 is 0. The van der Waals surface area contributed by atoms with E-state index in [9.17, 15) is 0 Å². The van der Waals surface area contributed by atoms with Crippen molar-refractivity contribution >= 4 is 0 Å². The summed E-state index contributed by atoms with van der Waals surface area (Å²) in [4.78, 5) is 5.02. The second kappa shape index (κ2) is 4.93. The van der Waals surface area contributed by atoms with E-state index < -0.39 is 0 Å². The largest absolute Gasteiger partial charge is 0.316 e. The van der Waals surface area contributed by atoms with Gasteiger partial charge >= 0.3 is 0 Å². The van der Waals surface area contributed by atoms with E-state index in [-0.39, 0.29) is 6.04 Å². The van der Waals surface area contributed by atoms with Gasteiger partial charge in [-0.05, 0) is 19.3 Å². The highest BCUT2D eigenvalue weighted by atomic mass is 15.3. The molecule has 1 unspecified atom stereocenters. The molecule has 0 aromatic carbocycles. The van der Waals surface area contributed by atoms with Crippen LogP contribution in [0, 0.1) is 11.3 Å². The third-order valence-electron chi connectivity index (χ3n) is 3.39. The van der Waals surface area contributed by atoms with E-state index in [4.69, 9.17) is 11.0 Å². The number of nitrogens with two attached hydrogens (primary N) is 1. The molecule has 0 bridgehead atoms. The predicted molar refractivity (Wildman–Crippen MR) is 59.2 cm³/mol. The first-order valence-electron chi connectivity index (χ1n) is 5.91. The van der Waals surface area contributed by atoms with Gasteiger partial charge in [-0.2, -0.15) is 5.26 Å². The number of rotatable bonds is 4. The van der Waals surface area contributed by atoms with Crippen LogP contribution in [0.2, 0.25) is 0 Å². The van der Waals surface area contributed by atoms with E-state index in [0.717, 1.165) is 32.1 Å². The first-order chi connectivity index (χ1) is 7.29. The number of hydrogen-bond acceptors (Lipinski definition) is 4. The lowest BCUT2D eigenvalue weighted by Crippen LogP contribution is -2.47. The summed E-state index contributed by atoms with van der Waals surface area (Å²) in [5.41, 5.74) is 5.58. The van der Waals surface area contributed by atoms with Crippen molar-refractivity contribution in [1.29, 1.82) is 5.26 Å². The lowest BCUT2D eigenvalue weighted by Gasteiger charge is -2.34. The highest BCUT2D eigenvalue weighted by Gasteiger charge is 2.30. The minimum atomic E-state index is -0.286. The molecule has 1 aliphatic heterocycles. The Morgan fingerprint density at radius 2 is 1.93 bits per heavy atom. The Balaban J connectivity index is 1.63. The fourth-order valence-corrected chi connectivity index (χ4v) is 2.18. The van der Waals surface area contributed by atoms with Crippen LogP contribution in [0.3, 0.4) is 0 Å². The highest BCUT2D eigenvalue weighted by molar-refractivity contribution is 4.89. The minimum absolute atomic E-state index is 0.286. The number of nitrogens with zero attached hydrogens (tertiary/aromatic N) is 3. The third kappa shape index (κ3) is 3.16. The monoisotopic (exact) mass is 208 g/mol. The van der Waals surface area contributed by atoms with Crippen molar-refractivity contribution in [3.8, 4) is 6.07 Å². The molecule has 0 aromatic heterocycles. The number of hydrogen-bond donors (Lipinski definition) is 1. The molecule has 1 heterocycles. The maximum absolute atomic E-state index is 8.59. The molecule has 4 nitrogen and oxygen atoms in total. The summed E-state index contributed by atoms with van der Waals surface area (Å²) in [6, 6.07) is 2.69. The van der Waals surface area contributed by atoms with Gasteiger partial charge in [-0.1, -0.05) is 0 Å². The molecule has 1 atom stereocenters. The van der Waals surface area contributed by atoms with Gasteiger partial charge in [0, 0.05) is 38.8 Å². The van der Waals surface area contributed by atoms with Gasteiger partial charge in [0.2, 0.25) is 0 Å². The smallest absolute Gasteiger partial charge is 0.0940 e. The standard InChI is InChI=1S/C11H20N4/c12-9-10(13)3-4-14-5-7-15(8-6-14)11-1-2-11/h10-11H,1-8,13H2. The molecule has 2 aliphatic rings. The van der Waals surface area contributed by atoms with Crippen LogP contribution >= 0.6 is 0 Å². The van der Waals surface area contributed by atoms with Crippen molar-refractivity contribution < 1.29 is 0 Å². The van der Waals surface area contributed by atoms with Crippen molar-refractivity contribution in [2.45, 2.75) is 31.3 Å². The molecule has 2 rings (SSSR count). The van der Waals surface area contributed by atoms with Gasteiger partial charge in [0.05, 0.1) is 12.1 Å². The van der Waals surface area contributed by atoms with E-state index in [1.165, 1.54) is 25.9 Å². The molecule has 0 amide bonds. The van der Waals surface area contributed by atoms with Crippen LogP contribution in [0.5, 0.6) is 0 Å². The van der Waals surface area contributed by atoms with Crippen LogP contribution < -0.4 is 5.73 Å². The van der Waals surface area contributed by atoms with E-state index in [1.807, 2.05) is 0 Å². The molecule has 0 spiro atoms. The summed E-state index contributed by atoms with van der Waals surface area (Å²) in [5, 5.41) is 8.59. The van der Waals surface area contributed by atoms with Crippen LogP contribution in [0.15, 0.2) is 0 Å². The zero-order valence-electron chi connectivity index (χ0n) is 9.23. The van der Waals surface area contributed by atoms with Gasteiger partial charge in [-0.3, -0.25) is 4.90 Å². The van der Waals surface area contributed by atoms with Crippen molar-refractivity contribution in [3.05, 3.63) is 0 Å². The van der Waals surface area contributed by atoms with Crippen LogP contribution in [-0.2, 0) is 0 Å². The lowest BCUT2D eigenvalue weighted by atomic mass is 10.2. The lowest BCUT2D eigenvalue weighted by molar-refractivity contribution is 0.125. The van der Waals surface area contributed by atoms with E-state index in [0.29, 0.717) is 0 Å². The molecule has 15 heavy (non-hydrogen) atoms. The van der Waals surface area contributed by atoms with E-state index in [1.54, 1.807) is 0 Å². The molecule has 84 valence electrons. The molecule has 4 heteroatoms. The molecule has 0 aromatic rings. The van der Waals surface area contributed by atoms with E-state index in [2.05, 4.69) is 15.9 Å². The molecule has 1 aliphatic carbocycles. The maximum atomic E-state index is 8.59. The Labute approximate surface area is 91.6 Å². The van der Waals surface area contributed by atoms with E-state index >= 15 is 0 Å². The molecule has 2 fully saturated rings. The fourth-order valence-electron chi connectivity index (χ4n) is 2.18. The third-order valence-corrected chi connectivity index (χ3v) is 3.39. The molecule has 0 radical (unpaired) electrons. The summed E-state index contributed by atoms with van der Waals surface area (Å²) in [6.45, 7) is 5.68. The highest BCUT2D eigenvalue weighted by Crippen LogP contribution is 2.27. The van der Waals surface area contributed by atoms with Gasteiger partial charge in [-0.25, -0.2) is 0 Å².